The molecule has 0 aliphatic rings. The fourth-order valence-corrected chi connectivity index (χ4v) is 4.17. The van der Waals surface area contributed by atoms with Crippen molar-refractivity contribution in [2.24, 2.45) is 0 Å². The molecule has 0 aliphatic carbocycles. The SMILES string of the molecule is CO[SiH](c1ccccc1)C(C)(C)C. The maximum atomic E-state index is 5.64. The van der Waals surface area contributed by atoms with E-state index in [0.717, 1.165) is 0 Å². The summed E-state index contributed by atoms with van der Waals surface area (Å²) in [6.45, 7) is 6.75. The molecule has 0 saturated heterocycles. The van der Waals surface area contributed by atoms with Crippen LogP contribution in [0.5, 0.6) is 0 Å². The molecule has 13 heavy (non-hydrogen) atoms. The molecule has 0 amide bonds. The zero-order valence-corrected chi connectivity index (χ0v) is 10.0. The van der Waals surface area contributed by atoms with Crippen molar-refractivity contribution in [2.75, 3.05) is 7.11 Å². The van der Waals surface area contributed by atoms with Crippen LogP contribution in [-0.2, 0) is 4.43 Å². The van der Waals surface area contributed by atoms with Gasteiger partial charge in [0.05, 0.1) is 0 Å². The zero-order chi connectivity index (χ0) is 9.90. The molecule has 1 aromatic carbocycles. The average Bonchev–Trinajstić information content (AvgIpc) is 2.05. The van der Waals surface area contributed by atoms with Gasteiger partial charge in [0.1, 0.15) is 0 Å². The molecule has 0 spiro atoms. The summed E-state index contributed by atoms with van der Waals surface area (Å²) in [6.07, 6.45) is 0. The lowest BCUT2D eigenvalue weighted by atomic mass is 10.2. The lowest BCUT2D eigenvalue weighted by molar-refractivity contribution is 0.402. The standard InChI is InChI=1S/C11H18OSi/c1-11(2,3)13(12-4)10-8-6-5-7-9-10/h5-9,13H,1-4H3. The first-order valence-corrected chi connectivity index (χ1v) is 6.26. The van der Waals surface area contributed by atoms with Crippen LogP contribution in [0.2, 0.25) is 5.04 Å². The van der Waals surface area contributed by atoms with E-state index in [-0.39, 0.29) is 5.04 Å². The van der Waals surface area contributed by atoms with Crippen molar-refractivity contribution in [3.8, 4) is 0 Å². The van der Waals surface area contributed by atoms with E-state index in [1.165, 1.54) is 5.19 Å². The summed E-state index contributed by atoms with van der Waals surface area (Å²) in [5.41, 5.74) is 0. The van der Waals surface area contributed by atoms with E-state index in [1.807, 2.05) is 13.2 Å². The van der Waals surface area contributed by atoms with Gasteiger partial charge in [-0.15, -0.1) is 0 Å². The molecule has 0 bridgehead atoms. The molecule has 2 heteroatoms. The van der Waals surface area contributed by atoms with E-state index < -0.39 is 9.04 Å². The quantitative estimate of drug-likeness (QED) is 0.655. The smallest absolute Gasteiger partial charge is 0.212 e. The van der Waals surface area contributed by atoms with Gasteiger partial charge >= 0.3 is 0 Å². The molecular formula is C11H18OSi. The summed E-state index contributed by atoms with van der Waals surface area (Å²) < 4.78 is 5.64. The first kappa shape index (κ1) is 10.5. The normalized spacial score (nSPS) is 14.2. The highest BCUT2D eigenvalue weighted by atomic mass is 28.3. The summed E-state index contributed by atoms with van der Waals surface area (Å²) in [5, 5.41) is 1.67. The first-order valence-electron chi connectivity index (χ1n) is 4.63. The Morgan fingerprint density at radius 3 is 2.00 bits per heavy atom. The van der Waals surface area contributed by atoms with Crippen molar-refractivity contribution in [1.29, 1.82) is 0 Å². The molecule has 1 aromatic rings. The van der Waals surface area contributed by atoms with Gasteiger partial charge < -0.3 is 4.43 Å². The van der Waals surface area contributed by atoms with Crippen LogP contribution in [0.3, 0.4) is 0 Å². The maximum absolute atomic E-state index is 5.64. The van der Waals surface area contributed by atoms with Gasteiger partial charge in [-0.05, 0) is 10.2 Å². The van der Waals surface area contributed by atoms with Gasteiger partial charge in [0.15, 0.2) is 0 Å². The van der Waals surface area contributed by atoms with E-state index in [4.69, 9.17) is 4.43 Å². The molecule has 0 saturated carbocycles. The summed E-state index contributed by atoms with van der Waals surface area (Å²) >= 11 is 0. The largest absolute Gasteiger partial charge is 0.418 e. The minimum absolute atomic E-state index is 0.288. The molecule has 0 N–H and O–H groups in total. The first-order chi connectivity index (χ1) is 6.05. The molecule has 0 heterocycles. The molecule has 1 nitrogen and oxygen atoms in total. The summed E-state index contributed by atoms with van der Waals surface area (Å²) in [4.78, 5) is 0. The number of benzene rings is 1. The van der Waals surface area contributed by atoms with Gasteiger partial charge in [0, 0.05) is 7.11 Å². The van der Waals surface area contributed by atoms with Crippen molar-refractivity contribution >= 4 is 14.2 Å². The monoisotopic (exact) mass is 194 g/mol. The Balaban J connectivity index is 2.92. The van der Waals surface area contributed by atoms with E-state index in [1.54, 1.807) is 0 Å². The second-order valence-corrected chi connectivity index (χ2v) is 8.02. The Bertz CT molecular complexity index is 251. The van der Waals surface area contributed by atoms with Crippen LogP contribution in [0.25, 0.3) is 0 Å². The summed E-state index contributed by atoms with van der Waals surface area (Å²) in [5.74, 6) is 0. The van der Waals surface area contributed by atoms with Crippen LogP contribution in [0.1, 0.15) is 20.8 Å². The number of hydrogen-bond acceptors (Lipinski definition) is 1. The Morgan fingerprint density at radius 1 is 1.08 bits per heavy atom. The van der Waals surface area contributed by atoms with E-state index >= 15 is 0 Å². The predicted octanol–water partition coefficient (Wildman–Crippen LogP) is 2.06. The highest BCUT2D eigenvalue weighted by Gasteiger charge is 2.28. The molecule has 72 valence electrons. The van der Waals surface area contributed by atoms with Gasteiger partial charge in [-0.1, -0.05) is 51.1 Å². The molecule has 0 radical (unpaired) electrons. The van der Waals surface area contributed by atoms with Crippen LogP contribution >= 0.6 is 0 Å². The predicted molar refractivity (Wildman–Crippen MR) is 59.9 cm³/mol. The van der Waals surface area contributed by atoms with Crippen molar-refractivity contribution in [3.63, 3.8) is 0 Å². The molecular weight excluding hydrogens is 176 g/mol. The lowest BCUT2D eigenvalue weighted by Crippen LogP contribution is -2.40. The minimum atomic E-state index is -1.26. The van der Waals surface area contributed by atoms with Crippen LogP contribution < -0.4 is 5.19 Å². The molecule has 1 unspecified atom stereocenters. The highest BCUT2D eigenvalue weighted by molar-refractivity contribution is 6.70. The van der Waals surface area contributed by atoms with Crippen LogP contribution in [0.15, 0.2) is 30.3 Å². The topological polar surface area (TPSA) is 9.23 Å². The third-order valence-corrected chi connectivity index (χ3v) is 5.16. The molecule has 1 rings (SSSR count). The van der Waals surface area contributed by atoms with Gasteiger partial charge in [-0.25, -0.2) is 0 Å². The fourth-order valence-electron chi connectivity index (χ4n) is 1.62. The zero-order valence-electron chi connectivity index (χ0n) is 8.87. The van der Waals surface area contributed by atoms with Crippen molar-refractivity contribution in [3.05, 3.63) is 30.3 Å². The second-order valence-electron chi connectivity index (χ2n) is 4.39. The maximum Gasteiger partial charge on any atom is 0.212 e. The molecule has 0 fully saturated rings. The second kappa shape index (κ2) is 4.07. The number of rotatable bonds is 2. The van der Waals surface area contributed by atoms with Gasteiger partial charge in [0.2, 0.25) is 9.04 Å². The highest BCUT2D eigenvalue weighted by Crippen LogP contribution is 2.26. The Kier molecular flexibility index (Phi) is 3.28. The van der Waals surface area contributed by atoms with Crippen LogP contribution in [0, 0.1) is 0 Å². The van der Waals surface area contributed by atoms with E-state index in [0.29, 0.717) is 0 Å². The Morgan fingerprint density at radius 2 is 1.62 bits per heavy atom. The van der Waals surface area contributed by atoms with Crippen molar-refractivity contribution in [1.82, 2.24) is 0 Å². The van der Waals surface area contributed by atoms with Gasteiger partial charge in [-0.2, -0.15) is 0 Å². The molecule has 0 aromatic heterocycles. The average molecular weight is 194 g/mol. The van der Waals surface area contributed by atoms with Crippen LogP contribution in [-0.4, -0.2) is 16.2 Å². The molecule has 0 aliphatic heterocycles. The number of hydrogen-bond donors (Lipinski definition) is 0. The van der Waals surface area contributed by atoms with E-state index in [9.17, 15) is 0 Å². The summed E-state index contributed by atoms with van der Waals surface area (Å²) in [7, 11) is 0.569. The van der Waals surface area contributed by atoms with Crippen molar-refractivity contribution in [2.45, 2.75) is 25.8 Å². The Labute approximate surface area is 82.5 Å². The van der Waals surface area contributed by atoms with Gasteiger partial charge in [-0.3, -0.25) is 0 Å². The third kappa shape index (κ3) is 2.67. The van der Waals surface area contributed by atoms with Crippen molar-refractivity contribution < 1.29 is 4.43 Å². The van der Waals surface area contributed by atoms with E-state index in [2.05, 4.69) is 45.0 Å². The van der Waals surface area contributed by atoms with Crippen LogP contribution in [0.4, 0.5) is 0 Å². The summed E-state index contributed by atoms with van der Waals surface area (Å²) in [6, 6.07) is 10.6. The fraction of sp³-hybridized carbons (Fsp3) is 0.455. The third-order valence-electron chi connectivity index (χ3n) is 2.12. The molecule has 1 atom stereocenters. The van der Waals surface area contributed by atoms with Gasteiger partial charge in [0.25, 0.3) is 0 Å². The lowest BCUT2D eigenvalue weighted by Gasteiger charge is -2.27. The Hall–Kier alpha value is -0.603. The minimum Gasteiger partial charge on any atom is -0.418 e.